The van der Waals surface area contributed by atoms with Crippen LogP contribution in [0.1, 0.15) is 17.5 Å². The number of carbonyl (C=O) groups excluding carboxylic acids is 3. The van der Waals surface area contributed by atoms with E-state index in [1.807, 2.05) is 25.1 Å². The first-order chi connectivity index (χ1) is 13.4. The minimum atomic E-state index is -1.18. The standard InChI is InChI=1S/C20H18BrN3O4/c1-12-10-13(6-7-15(12)21)22-17(25)11-24-18(26)20(23-19(24)27)8-9-28-16-5-3-2-4-14(16)20/h2-7,10H,8-9,11H2,1H3,(H,22,25)(H,23,27). The van der Waals surface area contributed by atoms with Crippen LogP contribution in [-0.4, -0.2) is 35.9 Å². The Morgan fingerprint density at radius 1 is 1.29 bits per heavy atom. The highest BCUT2D eigenvalue weighted by molar-refractivity contribution is 9.10. The average molecular weight is 444 g/mol. The number of hydrogen-bond donors (Lipinski definition) is 2. The van der Waals surface area contributed by atoms with E-state index in [2.05, 4.69) is 26.6 Å². The van der Waals surface area contributed by atoms with Crippen molar-refractivity contribution >= 4 is 39.5 Å². The summed E-state index contributed by atoms with van der Waals surface area (Å²) >= 11 is 3.41. The van der Waals surface area contributed by atoms with Crippen molar-refractivity contribution in [2.24, 2.45) is 0 Å². The molecular weight excluding hydrogens is 426 g/mol. The van der Waals surface area contributed by atoms with E-state index in [9.17, 15) is 14.4 Å². The van der Waals surface area contributed by atoms with Gasteiger partial charge in [-0.05, 0) is 36.8 Å². The number of halogens is 1. The van der Waals surface area contributed by atoms with Crippen LogP contribution >= 0.6 is 15.9 Å². The van der Waals surface area contributed by atoms with Gasteiger partial charge in [0.05, 0.1) is 6.61 Å². The number of imide groups is 1. The van der Waals surface area contributed by atoms with E-state index in [0.717, 1.165) is 14.9 Å². The fourth-order valence-corrected chi connectivity index (χ4v) is 3.83. The lowest BCUT2D eigenvalue weighted by molar-refractivity contribution is -0.135. The van der Waals surface area contributed by atoms with E-state index in [1.54, 1.807) is 24.3 Å². The summed E-state index contributed by atoms with van der Waals surface area (Å²) in [7, 11) is 0. The van der Waals surface area contributed by atoms with E-state index in [0.29, 0.717) is 30.0 Å². The van der Waals surface area contributed by atoms with Gasteiger partial charge in [-0.15, -0.1) is 0 Å². The SMILES string of the molecule is Cc1cc(NC(=O)CN2C(=O)NC3(CCOc4ccccc43)C2=O)ccc1Br. The van der Waals surface area contributed by atoms with Crippen LogP contribution in [0, 0.1) is 6.92 Å². The van der Waals surface area contributed by atoms with Crippen molar-refractivity contribution in [3.63, 3.8) is 0 Å². The minimum absolute atomic E-state index is 0.307. The van der Waals surface area contributed by atoms with E-state index in [4.69, 9.17) is 4.74 Å². The van der Waals surface area contributed by atoms with Crippen molar-refractivity contribution in [1.82, 2.24) is 10.2 Å². The number of hydrogen-bond acceptors (Lipinski definition) is 4. The zero-order chi connectivity index (χ0) is 19.9. The molecule has 2 aliphatic heterocycles. The van der Waals surface area contributed by atoms with Crippen LogP contribution in [0.4, 0.5) is 10.5 Å². The number of urea groups is 1. The number of ether oxygens (including phenoxy) is 1. The lowest BCUT2D eigenvalue weighted by atomic mass is 9.84. The number of anilines is 1. The number of carbonyl (C=O) groups is 3. The molecule has 4 rings (SSSR count). The second kappa shape index (κ2) is 6.94. The summed E-state index contributed by atoms with van der Waals surface area (Å²) in [6.45, 7) is 1.86. The second-order valence-corrected chi connectivity index (χ2v) is 7.69. The molecule has 28 heavy (non-hydrogen) atoms. The van der Waals surface area contributed by atoms with Gasteiger partial charge in [0.1, 0.15) is 12.3 Å². The molecule has 0 bridgehead atoms. The minimum Gasteiger partial charge on any atom is -0.493 e. The van der Waals surface area contributed by atoms with Crippen LogP contribution in [0.5, 0.6) is 5.75 Å². The molecule has 2 heterocycles. The van der Waals surface area contributed by atoms with E-state index >= 15 is 0 Å². The summed E-state index contributed by atoms with van der Waals surface area (Å²) in [4.78, 5) is 39.1. The van der Waals surface area contributed by atoms with Crippen molar-refractivity contribution in [2.75, 3.05) is 18.5 Å². The molecule has 2 aromatic rings. The number of amides is 4. The monoisotopic (exact) mass is 443 g/mol. The fraction of sp³-hybridized carbons (Fsp3) is 0.250. The number of para-hydroxylation sites is 1. The molecular formula is C20H18BrN3O4. The Balaban J connectivity index is 1.54. The number of nitrogens with zero attached hydrogens (tertiary/aromatic N) is 1. The second-order valence-electron chi connectivity index (χ2n) is 6.83. The maximum absolute atomic E-state index is 13.1. The molecule has 1 fully saturated rings. The van der Waals surface area contributed by atoms with Gasteiger partial charge < -0.3 is 15.4 Å². The molecule has 4 amide bonds. The van der Waals surface area contributed by atoms with Gasteiger partial charge in [-0.1, -0.05) is 34.1 Å². The highest BCUT2D eigenvalue weighted by atomic mass is 79.9. The highest BCUT2D eigenvalue weighted by Crippen LogP contribution is 2.40. The van der Waals surface area contributed by atoms with Crippen LogP contribution in [0.15, 0.2) is 46.9 Å². The van der Waals surface area contributed by atoms with Gasteiger partial charge >= 0.3 is 6.03 Å². The van der Waals surface area contributed by atoms with Gasteiger partial charge in [0.2, 0.25) is 5.91 Å². The number of benzene rings is 2. The Morgan fingerprint density at radius 2 is 2.07 bits per heavy atom. The van der Waals surface area contributed by atoms with Crippen molar-refractivity contribution in [3.05, 3.63) is 58.1 Å². The van der Waals surface area contributed by atoms with Crippen LogP contribution in [-0.2, 0) is 15.1 Å². The Morgan fingerprint density at radius 3 is 2.86 bits per heavy atom. The summed E-state index contributed by atoms with van der Waals surface area (Å²) in [6, 6.07) is 11.9. The lowest BCUT2D eigenvalue weighted by Gasteiger charge is -2.33. The Labute approximate surface area is 170 Å². The third-order valence-electron chi connectivity index (χ3n) is 5.00. The Bertz CT molecular complexity index is 993. The normalized spacial score (nSPS) is 20.6. The number of aryl methyl sites for hydroxylation is 1. The maximum atomic E-state index is 13.1. The molecule has 2 aromatic carbocycles. The average Bonchev–Trinajstić information content (AvgIpc) is 2.90. The highest BCUT2D eigenvalue weighted by Gasteiger charge is 2.55. The van der Waals surface area contributed by atoms with Gasteiger partial charge in [-0.2, -0.15) is 0 Å². The van der Waals surface area contributed by atoms with Crippen molar-refractivity contribution in [2.45, 2.75) is 18.9 Å². The van der Waals surface area contributed by atoms with E-state index < -0.39 is 23.4 Å². The third-order valence-corrected chi connectivity index (χ3v) is 5.89. The van der Waals surface area contributed by atoms with Crippen LogP contribution in [0.3, 0.4) is 0 Å². The fourth-order valence-electron chi connectivity index (χ4n) is 3.58. The summed E-state index contributed by atoms with van der Waals surface area (Å²) in [5.74, 6) is -0.308. The van der Waals surface area contributed by atoms with Gasteiger partial charge in [0, 0.05) is 22.1 Å². The first kappa shape index (κ1) is 18.5. The van der Waals surface area contributed by atoms with Crippen LogP contribution in [0.25, 0.3) is 0 Å². The van der Waals surface area contributed by atoms with Crippen LogP contribution in [0.2, 0.25) is 0 Å². The molecule has 0 saturated carbocycles. The van der Waals surface area contributed by atoms with Gasteiger partial charge in [-0.25, -0.2) is 4.79 Å². The molecule has 0 aromatic heterocycles. The molecule has 2 N–H and O–H groups in total. The topological polar surface area (TPSA) is 87.7 Å². The largest absolute Gasteiger partial charge is 0.493 e. The maximum Gasteiger partial charge on any atom is 0.325 e. The zero-order valence-electron chi connectivity index (χ0n) is 15.1. The molecule has 1 spiro atoms. The summed E-state index contributed by atoms with van der Waals surface area (Å²) in [6.07, 6.45) is 0.318. The van der Waals surface area contributed by atoms with E-state index in [1.165, 1.54) is 0 Å². The van der Waals surface area contributed by atoms with Gasteiger partial charge in [0.25, 0.3) is 5.91 Å². The van der Waals surface area contributed by atoms with Crippen molar-refractivity contribution < 1.29 is 19.1 Å². The Hall–Kier alpha value is -2.87. The number of fused-ring (bicyclic) bond motifs is 2. The predicted molar refractivity (Wildman–Crippen MR) is 106 cm³/mol. The number of nitrogens with one attached hydrogen (secondary N) is 2. The zero-order valence-corrected chi connectivity index (χ0v) is 16.7. The summed E-state index contributed by atoms with van der Waals surface area (Å²) in [5.41, 5.74) is 1.00. The third kappa shape index (κ3) is 3.03. The molecule has 8 heteroatoms. The van der Waals surface area contributed by atoms with E-state index in [-0.39, 0.29) is 6.54 Å². The van der Waals surface area contributed by atoms with Crippen molar-refractivity contribution in [3.8, 4) is 5.75 Å². The first-order valence-electron chi connectivity index (χ1n) is 8.83. The summed E-state index contributed by atoms with van der Waals surface area (Å²) < 4.78 is 6.54. The predicted octanol–water partition coefficient (Wildman–Crippen LogP) is 2.93. The smallest absolute Gasteiger partial charge is 0.325 e. The molecule has 1 unspecified atom stereocenters. The molecule has 144 valence electrons. The quantitative estimate of drug-likeness (QED) is 0.713. The molecule has 2 aliphatic rings. The van der Waals surface area contributed by atoms with Gasteiger partial charge in [-0.3, -0.25) is 14.5 Å². The van der Waals surface area contributed by atoms with Crippen LogP contribution < -0.4 is 15.4 Å². The number of rotatable bonds is 3. The Kier molecular flexibility index (Phi) is 4.58. The molecule has 7 nitrogen and oxygen atoms in total. The van der Waals surface area contributed by atoms with Gasteiger partial charge in [0.15, 0.2) is 5.54 Å². The molecule has 1 atom stereocenters. The summed E-state index contributed by atoms with van der Waals surface area (Å²) in [5, 5.41) is 5.51. The molecule has 0 aliphatic carbocycles. The first-order valence-corrected chi connectivity index (χ1v) is 9.62. The van der Waals surface area contributed by atoms with Crippen molar-refractivity contribution in [1.29, 1.82) is 0 Å². The molecule has 1 saturated heterocycles. The lowest BCUT2D eigenvalue weighted by Crippen LogP contribution is -2.48. The molecule has 0 radical (unpaired) electrons.